The molecule has 2 N–H and O–H groups in total. The number of halogens is 1. The highest BCUT2D eigenvalue weighted by Crippen LogP contribution is 2.27. The molecule has 74 valence electrons. The molecule has 0 aliphatic rings. The van der Waals surface area contributed by atoms with Gasteiger partial charge in [-0.15, -0.1) is 0 Å². The molecule has 0 saturated carbocycles. The van der Waals surface area contributed by atoms with Crippen molar-refractivity contribution in [1.29, 1.82) is 0 Å². The van der Waals surface area contributed by atoms with Crippen LogP contribution in [-0.4, -0.2) is 4.57 Å². The van der Waals surface area contributed by atoms with Gasteiger partial charge in [0.15, 0.2) is 0 Å². The van der Waals surface area contributed by atoms with Crippen LogP contribution in [0, 0.1) is 0 Å². The Labute approximate surface area is 88.3 Å². The lowest BCUT2D eigenvalue weighted by Gasteiger charge is -2.07. The van der Waals surface area contributed by atoms with E-state index < -0.39 is 0 Å². The molecule has 0 saturated heterocycles. The maximum absolute atomic E-state index is 6.12. The van der Waals surface area contributed by atoms with Crippen molar-refractivity contribution in [2.45, 2.75) is 13.0 Å². The third-order valence-corrected chi connectivity index (χ3v) is 2.82. The maximum Gasteiger partial charge on any atom is 0.0669 e. The van der Waals surface area contributed by atoms with Crippen LogP contribution < -0.4 is 5.73 Å². The second kappa shape index (κ2) is 3.30. The average Bonchev–Trinajstić information content (AvgIpc) is 2.45. The number of rotatable bonds is 1. The highest BCUT2D eigenvalue weighted by atomic mass is 35.5. The molecule has 1 aromatic carbocycles. The second-order valence-electron chi connectivity index (χ2n) is 3.59. The number of hydrogen-bond acceptors (Lipinski definition) is 1. The monoisotopic (exact) mass is 208 g/mol. The van der Waals surface area contributed by atoms with Crippen molar-refractivity contribution in [2.75, 3.05) is 0 Å². The standard InChI is InChI=1S/C11H13ClN2/c1-7(13)10-6-8-4-3-5-9(12)11(8)14(10)2/h3-7H,13H2,1-2H3. The largest absolute Gasteiger partial charge is 0.345 e. The molecule has 0 aliphatic carbocycles. The van der Waals surface area contributed by atoms with Crippen LogP contribution >= 0.6 is 11.6 Å². The molecule has 3 heteroatoms. The first kappa shape index (κ1) is 9.56. The van der Waals surface area contributed by atoms with Crippen LogP contribution in [0.15, 0.2) is 24.3 Å². The summed E-state index contributed by atoms with van der Waals surface area (Å²) >= 11 is 6.12. The van der Waals surface area contributed by atoms with Gasteiger partial charge in [0.1, 0.15) is 0 Å². The Morgan fingerprint density at radius 3 is 2.71 bits per heavy atom. The molecule has 0 fully saturated rings. The van der Waals surface area contributed by atoms with Gasteiger partial charge in [0.05, 0.1) is 10.5 Å². The number of benzene rings is 1. The molecular formula is C11H13ClN2. The molecular weight excluding hydrogens is 196 g/mol. The van der Waals surface area contributed by atoms with E-state index in [2.05, 4.69) is 10.6 Å². The summed E-state index contributed by atoms with van der Waals surface area (Å²) < 4.78 is 2.06. The molecule has 2 aromatic rings. The van der Waals surface area contributed by atoms with Crippen LogP contribution in [0.4, 0.5) is 0 Å². The number of para-hydroxylation sites is 1. The van der Waals surface area contributed by atoms with Crippen molar-refractivity contribution >= 4 is 22.5 Å². The Kier molecular flexibility index (Phi) is 2.25. The molecule has 1 unspecified atom stereocenters. The van der Waals surface area contributed by atoms with Gasteiger partial charge >= 0.3 is 0 Å². The highest BCUT2D eigenvalue weighted by molar-refractivity contribution is 6.35. The van der Waals surface area contributed by atoms with E-state index in [9.17, 15) is 0 Å². The van der Waals surface area contributed by atoms with Crippen molar-refractivity contribution in [3.8, 4) is 0 Å². The summed E-state index contributed by atoms with van der Waals surface area (Å²) in [6.45, 7) is 1.97. The van der Waals surface area contributed by atoms with Crippen molar-refractivity contribution in [3.63, 3.8) is 0 Å². The van der Waals surface area contributed by atoms with E-state index in [-0.39, 0.29) is 6.04 Å². The second-order valence-corrected chi connectivity index (χ2v) is 4.00. The number of aromatic nitrogens is 1. The molecule has 0 spiro atoms. The Morgan fingerprint density at radius 1 is 1.43 bits per heavy atom. The van der Waals surface area contributed by atoms with Gasteiger partial charge in [-0.05, 0) is 19.1 Å². The fraction of sp³-hybridized carbons (Fsp3) is 0.273. The summed E-state index contributed by atoms with van der Waals surface area (Å²) in [5.74, 6) is 0. The molecule has 0 aliphatic heterocycles. The molecule has 1 aromatic heterocycles. The van der Waals surface area contributed by atoms with Crippen molar-refractivity contribution < 1.29 is 0 Å². The molecule has 0 bridgehead atoms. The van der Waals surface area contributed by atoms with Gasteiger partial charge in [-0.3, -0.25) is 0 Å². The van der Waals surface area contributed by atoms with Crippen LogP contribution in [0.5, 0.6) is 0 Å². The average molecular weight is 209 g/mol. The van der Waals surface area contributed by atoms with Gasteiger partial charge in [0, 0.05) is 24.2 Å². The van der Waals surface area contributed by atoms with Gasteiger partial charge < -0.3 is 10.3 Å². The minimum absolute atomic E-state index is 0.0310. The minimum Gasteiger partial charge on any atom is -0.345 e. The minimum atomic E-state index is 0.0310. The van der Waals surface area contributed by atoms with Crippen molar-refractivity contribution in [2.24, 2.45) is 12.8 Å². The molecule has 2 rings (SSSR count). The predicted octanol–water partition coefficient (Wildman–Crippen LogP) is 2.85. The summed E-state index contributed by atoms with van der Waals surface area (Å²) in [6, 6.07) is 8.02. The summed E-state index contributed by atoms with van der Waals surface area (Å²) in [5, 5.41) is 1.92. The van der Waals surface area contributed by atoms with Crippen LogP contribution in [0.1, 0.15) is 18.7 Å². The lowest BCUT2D eigenvalue weighted by atomic mass is 10.2. The number of hydrogen-bond donors (Lipinski definition) is 1. The topological polar surface area (TPSA) is 30.9 Å². The number of fused-ring (bicyclic) bond motifs is 1. The van der Waals surface area contributed by atoms with E-state index in [1.807, 2.05) is 32.2 Å². The lowest BCUT2D eigenvalue weighted by Crippen LogP contribution is -2.09. The lowest BCUT2D eigenvalue weighted by molar-refractivity contribution is 0.726. The van der Waals surface area contributed by atoms with E-state index in [4.69, 9.17) is 17.3 Å². The highest BCUT2D eigenvalue weighted by Gasteiger charge is 2.10. The Bertz CT molecular complexity index is 471. The normalized spacial score (nSPS) is 13.4. The van der Waals surface area contributed by atoms with Gasteiger partial charge in [-0.1, -0.05) is 23.7 Å². The number of nitrogens with two attached hydrogens (primary N) is 1. The van der Waals surface area contributed by atoms with Crippen LogP contribution in [0.3, 0.4) is 0 Å². The predicted molar refractivity (Wildman–Crippen MR) is 60.5 cm³/mol. The first-order valence-electron chi connectivity index (χ1n) is 4.60. The molecule has 1 heterocycles. The SMILES string of the molecule is CC(N)c1cc2cccc(Cl)c2n1C. The third-order valence-electron chi connectivity index (χ3n) is 2.51. The molecule has 0 radical (unpaired) electrons. The quantitative estimate of drug-likeness (QED) is 0.768. The molecule has 14 heavy (non-hydrogen) atoms. The molecule has 0 amide bonds. The Balaban J connectivity index is 2.81. The molecule has 1 atom stereocenters. The van der Waals surface area contributed by atoms with E-state index in [1.54, 1.807) is 0 Å². The van der Waals surface area contributed by atoms with Crippen LogP contribution in [0.2, 0.25) is 5.02 Å². The zero-order valence-electron chi connectivity index (χ0n) is 8.29. The van der Waals surface area contributed by atoms with Gasteiger partial charge in [0.2, 0.25) is 0 Å². The summed E-state index contributed by atoms with van der Waals surface area (Å²) in [5.41, 5.74) is 8.03. The first-order chi connectivity index (χ1) is 6.61. The number of nitrogens with zero attached hydrogens (tertiary/aromatic N) is 1. The van der Waals surface area contributed by atoms with Gasteiger partial charge in [-0.25, -0.2) is 0 Å². The smallest absolute Gasteiger partial charge is 0.0669 e. The maximum atomic E-state index is 6.12. The van der Waals surface area contributed by atoms with E-state index in [0.717, 1.165) is 21.6 Å². The van der Waals surface area contributed by atoms with Crippen LogP contribution in [0.25, 0.3) is 10.9 Å². The summed E-state index contributed by atoms with van der Waals surface area (Å²) in [4.78, 5) is 0. The third kappa shape index (κ3) is 1.31. The summed E-state index contributed by atoms with van der Waals surface area (Å²) in [7, 11) is 1.99. The zero-order chi connectivity index (χ0) is 10.3. The van der Waals surface area contributed by atoms with Crippen LogP contribution in [-0.2, 0) is 7.05 Å². The zero-order valence-corrected chi connectivity index (χ0v) is 9.05. The van der Waals surface area contributed by atoms with Gasteiger partial charge in [0.25, 0.3) is 0 Å². The van der Waals surface area contributed by atoms with E-state index in [0.29, 0.717) is 0 Å². The number of aryl methyl sites for hydroxylation is 1. The van der Waals surface area contributed by atoms with Crippen molar-refractivity contribution in [3.05, 3.63) is 35.0 Å². The fourth-order valence-corrected chi connectivity index (χ4v) is 2.13. The first-order valence-corrected chi connectivity index (χ1v) is 4.98. The Morgan fingerprint density at radius 2 is 2.14 bits per heavy atom. The van der Waals surface area contributed by atoms with E-state index >= 15 is 0 Å². The summed E-state index contributed by atoms with van der Waals surface area (Å²) in [6.07, 6.45) is 0. The Hall–Kier alpha value is -0.990. The van der Waals surface area contributed by atoms with Gasteiger partial charge in [-0.2, -0.15) is 0 Å². The fourth-order valence-electron chi connectivity index (χ4n) is 1.82. The van der Waals surface area contributed by atoms with Crippen molar-refractivity contribution in [1.82, 2.24) is 4.57 Å². The molecule has 2 nitrogen and oxygen atoms in total. The van der Waals surface area contributed by atoms with E-state index in [1.165, 1.54) is 0 Å².